The van der Waals surface area contributed by atoms with E-state index in [1.807, 2.05) is 74.5 Å². The van der Waals surface area contributed by atoms with E-state index >= 15 is 0 Å². The normalized spacial score (nSPS) is 14.3. The Morgan fingerprint density at radius 1 is 1.06 bits per heavy atom. The van der Waals surface area contributed by atoms with Crippen LogP contribution in [0.5, 0.6) is 0 Å². The van der Waals surface area contributed by atoms with E-state index in [4.69, 9.17) is 4.98 Å². The molecule has 3 aliphatic rings. The van der Waals surface area contributed by atoms with E-state index in [1.165, 1.54) is 16.4 Å². The van der Waals surface area contributed by atoms with Crippen molar-refractivity contribution in [3.05, 3.63) is 76.7 Å². The van der Waals surface area contributed by atoms with E-state index in [-0.39, 0.29) is 16.7 Å². The molecule has 3 aliphatic heterocycles. The molecule has 0 unspecified atom stereocenters. The molecule has 35 heavy (non-hydrogen) atoms. The fourth-order valence-electron chi connectivity index (χ4n) is 4.69. The predicted octanol–water partition coefficient (Wildman–Crippen LogP) is 4.79. The SMILES string of the molecule is CCN(C(=O)[C@@H](C)Sc1nc2nn(-c3ccccc3)c(=O)c-2c2n1CCCCC2)c1ccccc1. The van der Waals surface area contributed by atoms with Gasteiger partial charge in [-0.05, 0) is 57.4 Å². The van der Waals surface area contributed by atoms with Gasteiger partial charge < -0.3 is 9.47 Å². The first kappa shape index (κ1) is 23.4. The molecule has 1 amide bonds. The Hall–Kier alpha value is -3.39. The largest absolute Gasteiger partial charge is 0.324 e. The average molecular weight is 488 g/mol. The molecule has 7 nitrogen and oxygen atoms in total. The van der Waals surface area contributed by atoms with Crippen LogP contribution < -0.4 is 10.5 Å². The van der Waals surface area contributed by atoms with Crippen LogP contribution in [-0.2, 0) is 17.8 Å². The van der Waals surface area contributed by atoms with Gasteiger partial charge in [0.15, 0.2) is 11.0 Å². The minimum absolute atomic E-state index is 0.0351. The number of hydrogen-bond donors (Lipinski definition) is 0. The molecule has 0 fully saturated rings. The molecule has 0 saturated heterocycles. The van der Waals surface area contributed by atoms with E-state index in [0.29, 0.717) is 17.9 Å². The molecule has 2 aromatic carbocycles. The molecule has 8 heteroatoms. The second-order valence-corrected chi connectivity index (χ2v) is 10.0. The van der Waals surface area contributed by atoms with Crippen molar-refractivity contribution in [2.45, 2.75) is 56.5 Å². The van der Waals surface area contributed by atoms with Crippen molar-refractivity contribution < 1.29 is 4.79 Å². The van der Waals surface area contributed by atoms with E-state index in [1.54, 1.807) is 4.90 Å². The van der Waals surface area contributed by atoms with Gasteiger partial charge in [-0.25, -0.2) is 4.98 Å². The Balaban J connectivity index is 1.55. The summed E-state index contributed by atoms with van der Waals surface area (Å²) in [4.78, 5) is 33.5. The van der Waals surface area contributed by atoms with E-state index < -0.39 is 0 Å². The van der Waals surface area contributed by atoms with Gasteiger partial charge >= 0.3 is 0 Å². The molecule has 0 saturated carbocycles. The van der Waals surface area contributed by atoms with Gasteiger partial charge in [0.25, 0.3) is 5.56 Å². The van der Waals surface area contributed by atoms with E-state index in [2.05, 4.69) is 9.67 Å². The average Bonchev–Trinajstić information content (AvgIpc) is 3.05. The number of rotatable bonds is 6. The van der Waals surface area contributed by atoms with Gasteiger partial charge in [-0.3, -0.25) is 9.59 Å². The third kappa shape index (κ3) is 4.50. The summed E-state index contributed by atoms with van der Waals surface area (Å²) in [5.41, 5.74) is 3.06. The first-order valence-corrected chi connectivity index (χ1v) is 13.1. The van der Waals surface area contributed by atoms with Crippen molar-refractivity contribution in [2.75, 3.05) is 11.4 Å². The number of para-hydroxylation sites is 2. The molecule has 180 valence electrons. The molecule has 3 heterocycles. The highest BCUT2D eigenvalue weighted by Gasteiger charge is 2.29. The molecule has 1 atom stereocenters. The van der Waals surface area contributed by atoms with Gasteiger partial charge in [0.1, 0.15) is 5.56 Å². The third-order valence-corrected chi connectivity index (χ3v) is 7.53. The number of thioether (sulfide) groups is 1. The summed E-state index contributed by atoms with van der Waals surface area (Å²) in [5, 5.41) is 5.01. The minimum Gasteiger partial charge on any atom is -0.324 e. The number of hydrogen-bond acceptors (Lipinski definition) is 5. The number of aromatic nitrogens is 4. The smallest absolute Gasteiger partial charge is 0.284 e. The van der Waals surface area contributed by atoms with Crippen LogP contribution in [0.2, 0.25) is 0 Å². The highest BCUT2D eigenvalue weighted by Crippen LogP contribution is 2.33. The molecule has 0 spiro atoms. The number of fused-ring (bicyclic) bond motifs is 3. The first-order valence-electron chi connectivity index (χ1n) is 12.2. The zero-order valence-electron chi connectivity index (χ0n) is 20.1. The van der Waals surface area contributed by atoms with Gasteiger partial charge in [-0.15, -0.1) is 5.10 Å². The molecule has 0 aromatic heterocycles. The van der Waals surface area contributed by atoms with Crippen LogP contribution in [-0.4, -0.2) is 37.0 Å². The maximum Gasteiger partial charge on any atom is 0.284 e. The summed E-state index contributed by atoms with van der Waals surface area (Å²) in [6.07, 6.45) is 3.94. The first-order chi connectivity index (χ1) is 17.1. The summed E-state index contributed by atoms with van der Waals surface area (Å²) in [5.74, 6) is 0.484. The lowest BCUT2D eigenvalue weighted by Gasteiger charge is -2.25. The van der Waals surface area contributed by atoms with Gasteiger partial charge in [0.2, 0.25) is 5.91 Å². The van der Waals surface area contributed by atoms with E-state index in [9.17, 15) is 9.59 Å². The second-order valence-electron chi connectivity index (χ2n) is 8.73. The minimum atomic E-state index is -0.345. The lowest BCUT2D eigenvalue weighted by Crippen LogP contribution is -2.36. The fraction of sp³-hybridized carbons (Fsp3) is 0.333. The highest BCUT2D eigenvalue weighted by molar-refractivity contribution is 8.00. The molecular weight excluding hydrogens is 458 g/mol. The zero-order chi connectivity index (χ0) is 24.4. The Bertz CT molecular complexity index is 1350. The van der Waals surface area contributed by atoms with Crippen LogP contribution in [0.4, 0.5) is 5.69 Å². The number of nitrogens with zero attached hydrogens (tertiary/aromatic N) is 5. The van der Waals surface area contributed by atoms with Gasteiger partial charge in [-0.1, -0.05) is 54.6 Å². The van der Waals surface area contributed by atoms with Crippen LogP contribution >= 0.6 is 11.8 Å². The molecule has 0 N–H and O–H groups in total. The van der Waals surface area contributed by atoms with Crippen molar-refractivity contribution in [1.29, 1.82) is 0 Å². The topological polar surface area (TPSA) is 73.0 Å². The van der Waals surface area contributed by atoms with Crippen LogP contribution in [0.15, 0.2) is 70.6 Å². The van der Waals surface area contributed by atoms with Crippen LogP contribution in [0.25, 0.3) is 17.1 Å². The van der Waals surface area contributed by atoms with E-state index in [0.717, 1.165) is 54.5 Å². The Morgan fingerprint density at radius 3 is 2.49 bits per heavy atom. The predicted molar refractivity (Wildman–Crippen MR) is 140 cm³/mol. The standard InChI is InChI=1S/C27H29N5O2S/c1-3-30(20-13-7-4-8-14-20)25(33)19(2)35-27-28-24-23(22-17-11-6-12-18-31(22)27)26(34)32(29-24)21-15-9-5-10-16-21/h4-5,7-10,13-16,19H,3,6,11-12,17-18H2,1-2H3/t19-/m1/s1. The van der Waals surface area contributed by atoms with Crippen molar-refractivity contribution in [3.63, 3.8) is 0 Å². The Kier molecular flexibility index (Phi) is 6.72. The molecule has 0 aliphatic carbocycles. The summed E-state index contributed by atoms with van der Waals surface area (Å²) in [6.45, 7) is 5.29. The monoisotopic (exact) mass is 487 g/mol. The number of amides is 1. The lowest BCUT2D eigenvalue weighted by molar-refractivity contribution is -0.117. The van der Waals surface area contributed by atoms with Crippen LogP contribution in [0, 0.1) is 0 Å². The Morgan fingerprint density at radius 2 is 1.77 bits per heavy atom. The van der Waals surface area contributed by atoms with Crippen LogP contribution in [0.1, 0.15) is 38.8 Å². The van der Waals surface area contributed by atoms with Crippen molar-refractivity contribution in [1.82, 2.24) is 19.3 Å². The van der Waals surface area contributed by atoms with Crippen molar-refractivity contribution in [3.8, 4) is 17.1 Å². The number of benzene rings is 2. The van der Waals surface area contributed by atoms with Crippen LogP contribution in [0.3, 0.4) is 0 Å². The quantitative estimate of drug-likeness (QED) is 0.289. The second kappa shape index (κ2) is 10.1. The number of carbonyl (C=O) groups is 1. The molecule has 0 radical (unpaired) electrons. The summed E-state index contributed by atoms with van der Waals surface area (Å²) < 4.78 is 3.60. The van der Waals surface area contributed by atoms with Gasteiger partial charge in [-0.2, -0.15) is 4.68 Å². The summed E-state index contributed by atoms with van der Waals surface area (Å²) >= 11 is 1.45. The molecular formula is C27H29N5O2S. The molecule has 5 rings (SSSR count). The maximum absolute atomic E-state index is 13.4. The van der Waals surface area contributed by atoms with Gasteiger partial charge in [0.05, 0.1) is 10.9 Å². The zero-order valence-corrected chi connectivity index (χ0v) is 20.9. The lowest BCUT2D eigenvalue weighted by atomic mass is 10.1. The van der Waals surface area contributed by atoms with Gasteiger partial charge in [0, 0.05) is 24.5 Å². The third-order valence-electron chi connectivity index (χ3n) is 6.45. The maximum atomic E-state index is 13.4. The van der Waals surface area contributed by atoms with Crippen molar-refractivity contribution in [2.24, 2.45) is 0 Å². The van der Waals surface area contributed by atoms with Crippen molar-refractivity contribution >= 4 is 23.4 Å². The number of carbonyl (C=O) groups excluding carboxylic acids is 1. The number of anilines is 1. The molecule has 2 aromatic rings. The molecule has 0 bridgehead atoms. The highest BCUT2D eigenvalue weighted by atomic mass is 32.2. The Labute approximate surface area is 209 Å². The fourth-order valence-corrected chi connectivity index (χ4v) is 5.70. The summed E-state index contributed by atoms with van der Waals surface area (Å²) in [6, 6.07) is 19.2. The summed E-state index contributed by atoms with van der Waals surface area (Å²) in [7, 11) is 0.